The molecule has 2 N–H and O–H groups in total. The first-order chi connectivity index (χ1) is 8.11. The Morgan fingerprint density at radius 1 is 1.29 bits per heavy atom. The molecule has 0 radical (unpaired) electrons. The molecule has 0 aliphatic heterocycles. The lowest BCUT2D eigenvalue weighted by atomic mass is 10.3. The number of thioether (sulfide) groups is 1. The largest absolute Gasteiger partial charge is 0.437 e. The lowest BCUT2D eigenvalue weighted by Crippen LogP contribution is -1.96. The number of rotatable bonds is 3. The van der Waals surface area contributed by atoms with Gasteiger partial charge >= 0.3 is 0 Å². The summed E-state index contributed by atoms with van der Waals surface area (Å²) in [5.74, 6) is 1.34. The molecule has 5 heteroatoms. The van der Waals surface area contributed by atoms with E-state index in [1.54, 1.807) is 16.4 Å². The Bertz CT molecular complexity index is 519. The zero-order valence-electron chi connectivity index (χ0n) is 10.1. The fourth-order valence-corrected chi connectivity index (χ4v) is 1.94. The summed E-state index contributed by atoms with van der Waals surface area (Å²) in [5.41, 5.74) is 7.26. The van der Waals surface area contributed by atoms with Crippen LogP contribution in [0.25, 0.3) is 0 Å². The van der Waals surface area contributed by atoms with E-state index < -0.39 is 0 Å². The Balaban J connectivity index is 2.25. The molecule has 1 aromatic heterocycles. The van der Waals surface area contributed by atoms with Crippen LogP contribution < -0.4 is 10.5 Å². The van der Waals surface area contributed by atoms with Crippen molar-refractivity contribution < 1.29 is 4.74 Å². The van der Waals surface area contributed by atoms with E-state index in [0.717, 1.165) is 11.4 Å². The van der Waals surface area contributed by atoms with Gasteiger partial charge in [0.25, 0.3) is 0 Å². The summed E-state index contributed by atoms with van der Waals surface area (Å²) in [6.45, 7) is 1.86. The van der Waals surface area contributed by atoms with E-state index in [1.807, 2.05) is 44.5 Å². The highest BCUT2D eigenvalue weighted by Crippen LogP contribution is 2.29. The standard InChI is InChI=1S/C12H15N3OS/c1-8-11(13)12(15(2)14-8)16-9-4-6-10(17-3)7-5-9/h4-7H,13H2,1-3H3. The van der Waals surface area contributed by atoms with Gasteiger partial charge in [-0.15, -0.1) is 11.8 Å². The van der Waals surface area contributed by atoms with Crippen LogP contribution in [-0.2, 0) is 7.05 Å². The van der Waals surface area contributed by atoms with E-state index in [2.05, 4.69) is 5.10 Å². The molecule has 0 atom stereocenters. The van der Waals surface area contributed by atoms with Gasteiger partial charge in [0, 0.05) is 11.9 Å². The van der Waals surface area contributed by atoms with Crippen molar-refractivity contribution in [1.82, 2.24) is 9.78 Å². The van der Waals surface area contributed by atoms with E-state index in [0.29, 0.717) is 11.6 Å². The van der Waals surface area contributed by atoms with Crippen molar-refractivity contribution in [1.29, 1.82) is 0 Å². The second kappa shape index (κ2) is 4.71. The quantitative estimate of drug-likeness (QED) is 0.850. The number of hydrogen-bond donors (Lipinski definition) is 1. The maximum atomic E-state index is 5.89. The average molecular weight is 249 g/mol. The molecular weight excluding hydrogens is 234 g/mol. The Kier molecular flexibility index (Phi) is 3.28. The predicted molar refractivity (Wildman–Crippen MR) is 70.7 cm³/mol. The molecule has 0 fully saturated rings. The number of hydrogen-bond acceptors (Lipinski definition) is 4. The first kappa shape index (κ1) is 11.9. The van der Waals surface area contributed by atoms with Gasteiger partial charge in [-0.05, 0) is 37.4 Å². The van der Waals surface area contributed by atoms with Crippen LogP contribution >= 0.6 is 11.8 Å². The fourth-order valence-electron chi connectivity index (χ4n) is 1.53. The van der Waals surface area contributed by atoms with Crippen molar-refractivity contribution in [2.24, 2.45) is 7.05 Å². The van der Waals surface area contributed by atoms with Crippen LogP contribution in [0.2, 0.25) is 0 Å². The van der Waals surface area contributed by atoms with Crippen molar-refractivity contribution in [3.05, 3.63) is 30.0 Å². The number of aryl methyl sites for hydroxylation is 2. The summed E-state index contributed by atoms with van der Waals surface area (Å²) in [5, 5.41) is 4.20. The third kappa shape index (κ3) is 2.39. The van der Waals surface area contributed by atoms with Gasteiger partial charge in [-0.25, -0.2) is 4.68 Å². The second-order valence-corrected chi connectivity index (χ2v) is 4.59. The summed E-state index contributed by atoms with van der Waals surface area (Å²) in [7, 11) is 1.81. The second-order valence-electron chi connectivity index (χ2n) is 3.71. The molecule has 0 saturated carbocycles. The molecule has 4 nitrogen and oxygen atoms in total. The maximum Gasteiger partial charge on any atom is 0.241 e. The van der Waals surface area contributed by atoms with Crippen molar-refractivity contribution in [2.45, 2.75) is 11.8 Å². The minimum Gasteiger partial charge on any atom is -0.437 e. The van der Waals surface area contributed by atoms with E-state index in [-0.39, 0.29) is 0 Å². The van der Waals surface area contributed by atoms with Gasteiger partial charge in [0.05, 0.1) is 5.69 Å². The number of nitrogens with zero attached hydrogens (tertiary/aromatic N) is 2. The number of aromatic nitrogens is 2. The molecular formula is C12H15N3OS. The number of ether oxygens (including phenoxy) is 1. The molecule has 90 valence electrons. The van der Waals surface area contributed by atoms with Crippen LogP contribution in [0.3, 0.4) is 0 Å². The first-order valence-electron chi connectivity index (χ1n) is 5.23. The summed E-state index contributed by atoms with van der Waals surface area (Å²) in [6.07, 6.45) is 2.04. The summed E-state index contributed by atoms with van der Waals surface area (Å²) < 4.78 is 7.37. The summed E-state index contributed by atoms with van der Waals surface area (Å²) >= 11 is 1.70. The van der Waals surface area contributed by atoms with Crippen LogP contribution in [0.15, 0.2) is 29.2 Å². The Hall–Kier alpha value is -1.62. The molecule has 0 unspecified atom stereocenters. The molecule has 1 heterocycles. The van der Waals surface area contributed by atoms with Gasteiger partial charge in [-0.2, -0.15) is 5.10 Å². The zero-order chi connectivity index (χ0) is 12.4. The highest BCUT2D eigenvalue weighted by molar-refractivity contribution is 7.98. The monoisotopic (exact) mass is 249 g/mol. The normalized spacial score (nSPS) is 10.5. The average Bonchev–Trinajstić information content (AvgIpc) is 2.57. The van der Waals surface area contributed by atoms with Crippen LogP contribution in [0.1, 0.15) is 5.69 Å². The maximum absolute atomic E-state index is 5.89. The van der Waals surface area contributed by atoms with Gasteiger partial charge in [0.2, 0.25) is 5.88 Å². The SMILES string of the molecule is CSc1ccc(Oc2c(N)c(C)nn2C)cc1. The highest BCUT2D eigenvalue weighted by atomic mass is 32.2. The number of anilines is 1. The molecule has 0 aliphatic carbocycles. The minimum absolute atomic E-state index is 0.583. The molecule has 2 aromatic rings. The smallest absolute Gasteiger partial charge is 0.241 e. The number of nitrogens with two attached hydrogens (primary N) is 1. The lowest BCUT2D eigenvalue weighted by Gasteiger charge is -2.07. The number of nitrogen functional groups attached to an aromatic ring is 1. The van der Waals surface area contributed by atoms with Gasteiger partial charge < -0.3 is 10.5 Å². The molecule has 0 aliphatic rings. The Morgan fingerprint density at radius 3 is 2.41 bits per heavy atom. The van der Waals surface area contributed by atoms with Crippen LogP contribution in [0.4, 0.5) is 5.69 Å². The predicted octanol–water partition coefficient (Wildman–Crippen LogP) is 2.82. The third-order valence-electron chi connectivity index (χ3n) is 2.49. The van der Waals surface area contributed by atoms with E-state index in [1.165, 1.54) is 4.90 Å². The molecule has 0 bridgehead atoms. The summed E-state index contributed by atoms with van der Waals surface area (Å²) in [4.78, 5) is 1.20. The molecule has 2 rings (SSSR count). The van der Waals surface area contributed by atoms with Crippen LogP contribution in [0.5, 0.6) is 11.6 Å². The molecule has 17 heavy (non-hydrogen) atoms. The molecule has 0 amide bonds. The van der Waals surface area contributed by atoms with E-state index in [4.69, 9.17) is 10.5 Å². The Morgan fingerprint density at radius 2 is 1.94 bits per heavy atom. The fraction of sp³-hybridized carbons (Fsp3) is 0.250. The van der Waals surface area contributed by atoms with Crippen molar-refractivity contribution in [3.8, 4) is 11.6 Å². The Labute approximate surface area is 105 Å². The van der Waals surface area contributed by atoms with Gasteiger partial charge in [0.1, 0.15) is 11.4 Å². The van der Waals surface area contributed by atoms with Gasteiger partial charge in [0.15, 0.2) is 0 Å². The molecule has 0 spiro atoms. The topological polar surface area (TPSA) is 53.1 Å². The third-order valence-corrected chi connectivity index (χ3v) is 3.23. The highest BCUT2D eigenvalue weighted by Gasteiger charge is 2.11. The molecule has 1 aromatic carbocycles. The number of benzene rings is 1. The van der Waals surface area contributed by atoms with Crippen molar-refractivity contribution in [3.63, 3.8) is 0 Å². The van der Waals surface area contributed by atoms with Crippen molar-refractivity contribution >= 4 is 17.4 Å². The van der Waals surface area contributed by atoms with Crippen LogP contribution in [0, 0.1) is 6.92 Å². The van der Waals surface area contributed by atoms with E-state index in [9.17, 15) is 0 Å². The molecule has 0 saturated heterocycles. The first-order valence-corrected chi connectivity index (χ1v) is 6.45. The minimum atomic E-state index is 0.583. The van der Waals surface area contributed by atoms with Crippen LogP contribution in [-0.4, -0.2) is 16.0 Å². The van der Waals surface area contributed by atoms with Gasteiger partial charge in [-0.3, -0.25) is 0 Å². The zero-order valence-corrected chi connectivity index (χ0v) is 10.9. The lowest BCUT2D eigenvalue weighted by molar-refractivity contribution is 0.432. The van der Waals surface area contributed by atoms with Gasteiger partial charge in [-0.1, -0.05) is 0 Å². The summed E-state index contributed by atoms with van der Waals surface area (Å²) in [6, 6.07) is 7.88. The van der Waals surface area contributed by atoms with Crippen molar-refractivity contribution in [2.75, 3.05) is 12.0 Å². The van der Waals surface area contributed by atoms with E-state index >= 15 is 0 Å².